The lowest BCUT2D eigenvalue weighted by Crippen LogP contribution is -2.42. The molecule has 0 aromatic heterocycles. The Balaban J connectivity index is 0.00000200. The van der Waals surface area contributed by atoms with Gasteiger partial charge in [-0.15, -0.1) is 24.0 Å². The van der Waals surface area contributed by atoms with Crippen LogP contribution in [0.15, 0.2) is 29.3 Å². The number of aliphatic imine (C=N–C) groups is 1. The van der Waals surface area contributed by atoms with Crippen LogP contribution in [-0.4, -0.2) is 23.7 Å². The molecule has 112 valence electrons. The lowest BCUT2D eigenvalue weighted by Gasteiger charge is -2.16. The molecule has 1 aromatic carbocycles. The van der Waals surface area contributed by atoms with Crippen molar-refractivity contribution < 1.29 is 5.11 Å². The third-order valence-electron chi connectivity index (χ3n) is 3.40. The standard InChI is InChI=1S/C15H23N3O.HI/c1-2-16-15(18-13-5-3-4-6-13)17-11-12-7-9-14(19)10-8-12;/h7-10,13,19H,2-6,11H2,1H3,(H2,16,17,18);1H. The Morgan fingerprint density at radius 1 is 1.25 bits per heavy atom. The van der Waals surface area contributed by atoms with Crippen molar-refractivity contribution in [3.05, 3.63) is 29.8 Å². The summed E-state index contributed by atoms with van der Waals surface area (Å²) in [4.78, 5) is 4.59. The highest BCUT2D eigenvalue weighted by molar-refractivity contribution is 14.0. The molecule has 5 heteroatoms. The van der Waals surface area contributed by atoms with Crippen LogP contribution < -0.4 is 10.6 Å². The maximum atomic E-state index is 9.25. The van der Waals surface area contributed by atoms with Gasteiger partial charge in [0.2, 0.25) is 0 Å². The topological polar surface area (TPSA) is 56.7 Å². The molecule has 0 atom stereocenters. The monoisotopic (exact) mass is 389 g/mol. The first kappa shape index (κ1) is 17.1. The molecule has 1 aliphatic carbocycles. The molecule has 1 fully saturated rings. The van der Waals surface area contributed by atoms with Gasteiger partial charge in [0, 0.05) is 12.6 Å². The first-order valence-electron chi connectivity index (χ1n) is 7.10. The highest BCUT2D eigenvalue weighted by Crippen LogP contribution is 2.17. The van der Waals surface area contributed by atoms with Gasteiger partial charge in [-0.3, -0.25) is 0 Å². The van der Waals surface area contributed by atoms with E-state index in [4.69, 9.17) is 0 Å². The predicted molar refractivity (Wildman–Crippen MR) is 93.7 cm³/mol. The Bertz CT molecular complexity index is 414. The van der Waals surface area contributed by atoms with E-state index < -0.39 is 0 Å². The van der Waals surface area contributed by atoms with Crippen LogP contribution in [0.3, 0.4) is 0 Å². The van der Waals surface area contributed by atoms with Crippen LogP contribution in [0.4, 0.5) is 0 Å². The van der Waals surface area contributed by atoms with Gasteiger partial charge in [-0.05, 0) is 37.5 Å². The summed E-state index contributed by atoms with van der Waals surface area (Å²) >= 11 is 0. The van der Waals surface area contributed by atoms with Gasteiger partial charge < -0.3 is 15.7 Å². The summed E-state index contributed by atoms with van der Waals surface area (Å²) in [5.74, 6) is 1.19. The summed E-state index contributed by atoms with van der Waals surface area (Å²) in [5.41, 5.74) is 1.10. The molecule has 0 aliphatic heterocycles. The first-order valence-corrected chi connectivity index (χ1v) is 7.10. The van der Waals surface area contributed by atoms with Gasteiger partial charge in [-0.1, -0.05) is 25.0 Å². The van der Waals surface area contributed by atoms with E-state index in [0.717, 1.165) is 18.1 Å². The number of guanidine groups is 1. The van der Waals surface area contributed by atoms with Crippen LogP contribution in [0.25, 0.3) is 0 Å². The minimum Gasteiger partial charge on any atom is -0.508 e. The second kappa shape index (κ2) is 9.05. The molecule has 0 radical (unpaired) electrons. The van der Waals surface area contributed by atoms with Gasteiger partial charge in [-0.25, -0.2) is 4.99 Å². The fraction of sp³-hybridized carbons (Fsp3) is 0.533. The minimum absolute atomic E-state index is 0. The fourth-order valence-corrected chi connectivity index (χ4v) is 2.36. The highest BCUT2D eigenvalue weighted by atomic mass is 127. The Morgan fingerprint density at radius 3 is 2.50 bits per heavy atom. The number of halogens is 1. The summed E-state index contributed by atoms with van der Waals surface area (Å²) in [5, 5.41) is 16.0. The van der Waals surface area contributed by atoms with E-state index in [1.54, 1.807) is 12.1 Å². The van der Waals surface area contributed by atoms with Crippen LogP contribution >= 0.6 is 24.0 Å². The number of aromatic hydroxyl groups is 1. The van der Waals surface area contributed by atoms with Crippen molar-refractivity contribution >= 4 is 29.9 Å². The van der Waals surface area contributed by atoms with Crippen LogP contribution in [0, 0.1) is 0 Å². The molecule has 0 spiro atoms. The van der Waals surface area contributed by atoms with Gasteiger partial charge in [0.1, 0.15) is 5.75 Å². The zero-order valence-electron chi connectivity index (χ0n) is 11.9. The molecule has 0 amide bonds. The van der Waals surface area contributed by atoms with E-state index >= 15 is 0 Å². The van der Waals surface area contributed by atoms with E-state index in [0.29, 0.717) is 18.3 Å². The Morgan fingerprint density at radius 2 is 1.90 bits per heavy atom. The summed E-state index contributed by atoms with van der Waals surface area (Å²) in [6.07, 6.45) is 5.11. The largest absolute Gasteiger partial charge is 0.508 e. The van der Waals surface area contributed by atoms with Gasteiger partial charge >= 0.3 is 0 Å². The van der Waals surface area contributed by atoms with E-state index in [2.05, 4.69) is 22.5 Å². The number of phenolic OH excluding ortho intramolecular Hbond substituents is 1. The molecule has 0 unspecified atom stereocenters. The van der Waals surface area contributed by atoms with E-state index in [-0.39, 0.29) is 24.0 Å². The lowest BCUT2D eigenvalue weighted by atomic mass is 10.2. The van der Waals surface area contributed by atoms with Crippen molar-refractivity contribution in [3.63, 3.8) is 0 Å². The lowest BCUT2D eigenvalue weighted by molar-refractivity contribution is 0.475. The van der Waals surface area contributed by atoms with Gasteiger partial charge in [-0.2, -0.15) is 0 Å². The van der Waals surface area contributed by atoms with E-state index in [9.17, 15) is 5.11 Å². The summed E-state index contributed by atoms with van der Waals surface area (Å²) < 4.78 is 0. The van der Waals surface area contributed by atoms with Crippen LogP contribution in [0.1, 0.15) is 38.2 Å². The minimum atomic E-state index is 0. The van der Waals surface area contributed by atoms with Crippen LogP contribution in [0.2, 0.25) is 0 Å². The molecule has 1 saturated carbocycles. The van der Waals surface area contributed by atoms with Crippen molar-refractivity contribution in [2.75, 3.05) is 6.54 Å². The van der Waals surface area contributed by atoms with Crippen molar-refractivity contribution in [3.8, 4) is 5.75 Å². The number of nitrogens with zero attached hydrogens (tertiary/aromatic N) is 1. The number of phenols is 1. The molecule has 2 rings (SSSR count). The third-order valence-corrected chi connectivity index (χ3v) is 3.40. The maximum Gasteiger partial charge on any atom is 0.191 e. The Labute approximate surface area is 138 Å². The normalized spacial score (nSPS) is 15.8. The zero-order chi connectivity index (χ0) is 13.5. The van der Waals surface area contributed by atoms with Gasteiger partial charge in [0.05, 0.1) is 6.54 Å². The SMILES string of the molecule is CCNC(=NCc1ccc(O)cc1)NC1CCCC1.I. The fourth-order valence-electron chi connectivity index (χ4n) is 2.36. The third kappa shape index (κ3) is 5.56. The summed E-state index contributed by atoms with van der Waals surface area (Å²) in [6, 6.07) is 7.76. The molecule has 0 bridgehead atoms. The van der Waals surface area contributed by atoms with Crippen molar-refractivity contribution in [2.45, 2.75) is 45.2 Å². The number of hydrogen-bond acceptors (Lipinski definition) is 2. The summed E-state index contributed by atoms with van der Waals surface area (Å²) in [7, 11) is 0. The van der Waals surface area contributed by atoms with E-state index in [1.807, 2.05) is 12.1 Å². The van der Waals surface area contributed by atoms with Crippen molar-refractivity contribution in [1.29, 1.82) is 0 Å². The molecule has 3 N–H and O–H groups in total. The zero-order valence-corrected chi connectivity index (χ0v) is 14.3. The predicted octanol–water partition coefficient (Wildman–Crippen LogP) is 3.01. The average molecular weight is 389 g/mol. The first-order chi connectivity index (χ1) is 9.28. The van der Waals surface area contributed by atoms with Gasteiger partial charge in [0.25, 0.3) is 0 Å². The molecule has 4 nitrogen and oxygen atoms in total. The number of rotatable bonds is 4. The summed E-state index contributed by atoms with van der Waals surface area (Å²) in [6.45, 7) is 3.57. The van der Waals surface area contributed by atoms with Crippen molar-refractivity contribution in [2.24, 2.45) is 4.99 Å². The smallest absolute Gasteiger partial charge is 0.191 e. The molecule has 1 aromatic rings. The van der Waals surface area contributed by atoms with Gasteiger partial charge in [0.15, 0.2) is 5.96 Å². The number of benzene rings is 1. The number of hydrogen-bond donors (Lipinski definition) is 3. The van der Waals surface area contributed by atoms with Crippen LogP contribution in [0.5, 0.6) is 5.75 Å². The molecular formula is C15H24IN3O. The second-order valence-corrected chi connectivity index (χ2v) is 4.99. The van der Waals surface area contributed by atoms with Crippen molar-refractivity contribution in [1.82, 2.24) is 10.6 Å². The average Bonchev–Trinajstić information content (AvgIpc) is 2.91. The Hall–Kier alpha value is -0.980. The molecule has 20 heavy (non-hydrogen) atoms. The molecule has 1 aliphatic rings. The maximum absolute atomic E-state index is 9.25. The number of nitrogens with one attached hydrogen (secondary N) is 2. The molecule has 0 saturated heterocycles. The quantitative estimate of drug-likeness (QED) is 0.422. The second-order valence-electron chi connectivity index (χ2n) is 4.99. The molecular weight excluding hydrogens is 365 g/mol. The van der Waals surface area contributed by atoms with E-state index in [1.165, 1.54) is 25.7 Å². The Kier molecular flexibility index (Phi) is 7.72. The van der Waals surface area contributed by atoms with Crippen LogP contribution in [-0.2, 0) is 6.54 Å². The highest BCUT2D eigenvalue weighted by Gasteiger charge is 2.15. The molecule has 0 heterocycles.